The number of fused-ring (bicyclic) bond motifs is 1. The Balaban J connectivity index is 1.57. The molecule has 0 unspecified atom stereocenters. The smallest absolute Gasteiger partial charge is 0.261 e. The number of hydrogen-bond donors (Lipinski definition) is 1. The molecule has 1 atom stereocenters. The van der Waals surface area contributed by atoms with Crippen LogP contribution in [0.2, 0.25) is 0 Å². The first-order valence-corrected chi connectivity index (χ1v) is 9.86. The fraction of sp³-hybridized carbons (Fsp3) is 0.261. The van der Waals surface area contributed by atoms with Crippen LogP contribution in [0.1, 0.15) is 63.2 Å². The van der Waals surface area contributed by atoms with E-state index in [4.69, 9.17) is 0 Å². The average molecular weight is 402 g/mol. The highest BCUT2D eigenvalue weighted by Crippen LogP contribution is 2.33. The number of aromatic nitrogens is 2. The minimum absolute atomic E-state index is 0.308. The van der Waals surface area contributed by atoms with Crippen molar-refractivity contribution >= 4 is 29.1 Å². The maximum atomic E-state index is 12.9. The van der Waals surface area contributed by atoms with E-state index in [0.29, 0.717) is 22.5 Å². The van der Waals surface area contributed by atoms with Gasteiger partial charge in [0.05, 0.1) is 22.7 Å². The number of aryl methyl sites for hydroxylation is 1. The molecule has 0 spiro atoms. The van der Waals surface area contributed by atoms with Crippen molar-refractivity contribution in [1.82, 2.24) is 15.1 Å². The zero-order valence-electron chi connectivity index (χ0n) is 17.1. The molecule has 1 aliphatic heterocycles. The molecule has 0 radical (unpaired) electrons. The van der Waals surface area contributed by atoms with Crippen molar-refractivity contribution in [3.8, 4) is 0 Å². The molecular formula is C23H22N4O3. The van der Waals surface area contributed by atoms with Gasteiger partial charge < -0.3 is 5.32 Å². The Morgan fingerprint density at radius 1 is 1.10 bits per heavy atom. The summed E-state index contributed by atoms with van der Waals surface area (Å²) in [5, 5.41) is 11.1. The van der Waals surface area contributed by atoms with E-state index in [0.717, 1.165) is 34.6 Å². The molecule has 0 saturated heterocycles. The van der Waals surface area contributed by atoms with E-state index < -0.39 is 5.92 Å². The molecule has 152 valence electrons. The molecule has 1 aromatic carbocycles. The number of carbonyl (C=O) groups excluding carboxylic acids is 3. The Labute approximate surface area is 174 Å². The Morgan fingerprint density at radius 3 is 2.57 bits per heavy atom. The van der Waals surface area contributed by atoms with Crippen LogP contribution in [-0.2, 0) is 4.79 Å². The summed E-state index contributed by atoms with van der Waals surface area (Å²) in [6.07, 6.45) is 8.22. The summed E-state index contributed by atoms with van der Waals surface area (Å²) in [6, 6.07) is 6.93. The van der Waals surface area contributed by atoms with Gasteiger partial charge in [-0.25, -0.2) is 0 Å². The lowest BCUT2D eigenvalue weighted by Gasteiger charge is -2.17. The van der Waals surface area contributed by atoms with Crippen molar-refractivity contribution < 1.29 is 14.4 Å². The number of hydrogen-bond acceptors (Lipinski definition) is 5. The maximum Gasteiger partial charge on any atom is 0.261 e. The Hall–Kier alpha value is -3.61. The number of carbonyl (C=O) groups is 3. The second-order valence-electron chi connectivity index (χ2n) is 7.54. The number of imide groups is 1. The van der Waals surface area contributed by atoms with Gasteiger partial charge in [-0.3, -0.25) is 19.3 Å². The molecule has 2 aliphatic rings. The van der Waals surface area contributed by atoms with Gasteiger partial charge in [0, 0.05) is 7.05 Å². The van der Waals surface area contributed by atoms with Crippen LogP contribution in [0.4, 0.5) is 5.82 Å². The van der Waals surface area contributed by atoms with Crippen LogP contribution >= 0.6 is 0 Å². The van der Waals surface area contributed by atoms with Gasteiger partial charge in [0.2, 0.25) is 5.91 Å². The van der Waals surface area contributed by atoms with E-state index >= 15 is 0 Å². The summed E-state index contributed by atoms with van der Waals surface area (Å²) >= 11 is 0. The van der Waals surface area contributed by atoms with Gasteiger partial charge in [-0.1, -0.05) is 24.3 Å². The number of benzene rings is 1. The van der Waals surface area contributed by atoms with Crippen LogP contribution in [-0.4, -0.2) is 39.9 Å². The fourth-order valence-electron chi connectivity index (χ4n) is 3.85. The maximum absolute atomic E-state index is 12.9. The third-order valence-corrected chi connectivity index (χ3v) is 5.55. The fourth-order valence-corrected chi connectivity index (χ4v) is 3.85. The molecular weight excluding hydrogens is 380 g/mol. The van der Waals surface area contributed by atoms with Crippen molar-refractivity contribution in [3.05, 3.63) is 70.4 Å². The number of anilines is 1. The number of nitrogens with zero attached hydrogens (tertiary/aromatic N) is 3. The van der Waals surface area contributed by atoms with Crippen molar-refractivity contribution in [2.75, 3.05) is 12.4 Å². The quantitative estimate of drug-likeness (QED) is 0.791. The summed E-state index contributed by atoms with van der Waals surface area (Å²) in [6.45, 7) is 3.54. The SMILES string of the molecule is Cc1ccc2c(c1[C@@H](C)C(=O)Nc1ccc(C3=CCCC=C3)nn1)C(=O)N(C)C2=O. The van der Waals surface area contributed by atoms with Crippen LogP contribution in [0.5, 0.6) is 0 Å². The molecule has 7 nitrogen and oxygen atoms in total. The molecule has 4 rings (SSSR count). The molecule has 1 aliphatic carbocycles. The third kappa shape index (κ3) is 3.32. The van der Waals surface area contributed by atoms with E-state index in [1.807, 2.05) is 19.1 Å². The van der Waals surface area contributed by atoms with E-state index in [-0.39, 0.29) is 17.7 Å². The van der Waals surface area contributed by atoms with E-state index in [2.05, 4.69) is 27.7 Å². The van der Waals surface area contributed by atoms with Crippen LogP contribution in [0.25, 0.3) is 5.57 Å². The molecule has 1 aromatic heterocycles. The van der Waals surface area contributed by atoms with Crippen LogP contribution in [0, 0.1) is 6.92 Å². The molecule has 0 bridgehead atoms. The molecule has 2 heterocycles. The summed E-state index contributed by atoms with van der Waals surface area (Å²) in [5.74, 6) is -1.36. The zero-order chi connectivity index (χ0) is 21.4. The second-order valence-corrected chi connectivity index (χ2v) is 7.54. The lowest BCUT2D eigenvalue weighted by molar-refractivity contribution is -0.117. The summed E-state index contributed by atoms with van der Waals surface area (Å²) in [4.78, 5) is 38.9. The summed E-state index contributed by atoms with van der Waals surface area (Å²) in [5.41, 5.74) is 3.76. The van der Waals surface area contributed by atoms with Crippen molar-refractivity contribution in [2.45, 2.75) is 32.6 Å². The Kier molecular flexibility index (Phi) is 5.03. The summed E-state index contributed by atoms with van der Waals surface area (Å²) in [7, 11) is 1.45. The first kappa shape index (κ1) is 19.7. The number of nitrogens with one attached hydrogen (secondary N) is 1. The molecule has 7 heteroatoms. The minimum atomic E-state index is -0.645. The lowest BCUT2D eigenvalue weighted by Crippen LogP contribution is -2.26. The van der Waals surface area contributed by atoms with Crippen molar-refractivity contribution in [1.29, 1.82) is 0 Å². The highest BCUT2D eigenvalue weighted by atomic mass is 16.2. The minimum Gasteiger partial charge on any atom is -0.309 e. The molecule has 0 saturated carbocycles. The monoisotopic (exact) mass is 402 g/mol. The van der Waals surface area contributed by atoms with Gasteiger partial charge in [0.25, 0.3) is 11.8 Å². The van der Waals surface area contributed by atoms with Gasteiger partial charge in [-0.15, -0.1) is 10.2 Å². The van der Waals surface area contributed by atoms with Crippen molar-refractivity contribution in [2.24, 2.45) is 0 Å². The van der Waals surface area contributed by atoms with Gasteiger partial charge >= 0.3 is 0 Å². The normalized spacial score (nSPS) is 16.4. The predicted molar refractivity (Wildman–Crippen MR) is 113 cm³/mol. The summed E-state index contributed by atoms with van der Waals surface area (Å²) < 4.78 is 0. The van der Waals surface area contributed by atoms with Gasteiger partial charge in [0.15, 0.2) is 5.82 Å². The predicted octanol–water partition coefficient (Wildman–Crippen LogP) is 3.49. The molecule has 0 fully saturated rings. The average Bonchev–Trinajstić information content (AvgIpc) is 2.98. The molecule has 30 heavy (non-hydrogen) atoms. The lowest BCUT2D eigenvalue weighted by atomic mass is 9.88. The molecule has 1 N–H and O–H groups in total. The largest absolute Gasteiger partial charge is 0.309 e. The number of allylic oxidation sites excluding steroid dienone is 4. The molecule has 3 amide bonds. The van der Waals surface area contributed by atoms with E-state index in [9.17, 15) is 14.4 Å². The standard InChI is InChI=1S/C23H22N4O3/c1-13-9-10-16-20(23(30)27(3)22(16)29)19(13)14(2)21(28)24-18-12-11-17(25-26-18)15-7-5-4-6-8-15/h5,7-12,14H,4,6H2,1-3H3,(H,24,26,28)/t14-/m1/s1. The van der Waals surface area contributed by atoms with Crippen LogP contribution in [0.3, 0.4) is 0 Å². The van der Waals surface area contributed by atoms with Crippen molar-refractivity contribution in [3.63, 3.8) is 0 Å². The Morgan fingerprint density at radius 2 is 1.90 bits per heavy atom. The van der Waals surface area contributed by atoms with Gasteiger partial charge in [-0.2, -0.15) is 0 Å². The molecule has 2 aromatic rings. The third-order valence-electron chi connectivity index (χ3n) is 5.55. The number of rotatable bonds is 4. The van der Waals surface area contributed by atoms with E-state index in [1.165, 1.54) is 7.05 Å². The Bertz CT molecular complexity index is 1120. The van der Waals surface area contributed by atoms with Crippen LogP contribution < -0.4 is 5.32 Å². The first-order chi connectivity index (χ1) is 14.4. The van der Waals surface area contributed by atoms with Gasteiger partial charge in [-0.05, 0) is 61.6 Å². The highest BCUT2D eigenvalue weighted by molar-refractivity contribution is 6.22. The highest BCUT2D eigenvalue weighted by Gasteiger charge is 2.37. The van der Waals surface area contributed by atoms with Gasteiger partial charge in [0.1, 0.15) is 0 Å². The number of amides is 3. The topological polar surface area (TPSA) is 92.3 Å². The zero-order valence-corrected chi connectivity index (χ0v) is 17.1. The van der Waals surface area contributed by atoms with E-state index in [1.54, 1.807) is 25.1 Å². The first-order valence-electron chi connectivity index (χ1n) is 9.86. The second kappa shape index (κ2) is 7.67. The van der Waals surface area contributed by atoms with Crippen LogP contribution in [0.15, 0.2) is 42.5 Å².